The van der Waals surface area contributed by atoms with E-state index in [1.807, 2.05) is 24.8 Å². The number of carbonyl (C=O) groups excluding carboxylic acids is 2. The van der Waals surface area contributed by atoms with E-state index in [1.54, 1.807) is 6.07 Å². The van der Waals surface area contributed by atoms with Crippen LogP contribution in [0.15, 0.2) is 12.1 Å². The van der Waals surface area contributed by atoms with Gasteiger partial charge >= 0.3 is 6.03 Å². The lowest BCUT2D eigenvalue weighted by atomic mass is 9.92. The normalized spacial score (nSPS) is 24.0. The summed E-state index contributed by atoms with van der Waals surface area (Å²) in [6, 6.07) is 3.15. The summed E-state index contributed by atoms with van der Waals surface area (Å²) in [5.41, 5.74) is 1.15. The smallest absolute Gasteiger partial charge is 0.320 e. The maximum absolute atomic E-state index is 12.5. The van der Waals surface area contributed by atoms with Crippen LogP contribution in [0.2, 0.25) is 5.02 Å². The standard InChI is InChI=1S/C19H24ClN3O3/c1-19(2)10-11-6-7-13(20)15(16(11)26-19)22-18(25)21-14-8-9-23(17(14)24)12-4-3-5-12/h6-7,12,14H,3-5,8-10H2,1-2H3,(H2,21,22,25). The minimum absolute atomic E-state index is 0.0200. The first-order chi connectivity index (χ1) is 12.3. The zero-order chi connectivity index (χ0) is 18.5. The molecule has 0 radical (unpaired) electrons. The van der Waals surface area contributed by atoms with Gasteiger partial charge in [0.15, 0.2) is 0 Å². The summed E-state index contributed by atoms with van der Waals surface area (Å²) in [5, 5.41) is 6.01. The predicted octanol–water partition coefficient (Wildman–Crippen LogP) is 3.33. The number of rotatable bonds is 3. The topological polar surface area (TPSA) is 70.7 Å². The molecule has 140 valence electrons. The average molecular weight is 378 g/mol. The molecule has 1 aromatic carbocycles. The molecule has 1 saturated heterocycles. The molecule has 1 atom stereocenters. The molecule has 3 aliphatic rings. The molecule has 1 aliphatic carbocycles. The molecule has 1 unspecified atom stereocenters. The highest BCUT2D eigenvalue weighted by Crippen LogP contribution is 2.44. The summed E-state index contributed by atoms with van der Waals surface area (Å²) in [7, 11) is 0. The molecule has 0 spiro atoms. The summed E-state index contributed by atoms with van der Waals surface area (Å²) in [6.45, 7) is 4.71. The van der Waals surface area contributed by atoms with E-state index >= 15 is 0 Å². The van der Waals surface area contributed by atoms with E-state index in [9.17, 15) is 9.59 Å². The van der Waals surface area contributed by atoms with Crippen molar-refractivity contribution in [2.75, 3.05) is 11.9 Å². The van der Waals surface area contributed by atoms with Crippen molar-refractivity contribution >= 4 is 29.2 Å². The first-order valence-electron chi connectivity index (χ1n) is 9.22. The summed E-state index contributed by atoms with van der Waals surface area (Å²) in [6.07, 6.45) is 4.73. The highest BCUT2D eigenvalue weighted by atomic mass is 35.5. The van der Waals surface area contributed by atoms with Gasteiger partial charge in [-0.2, -0.15) is 0 Å². The molecule has 0 bridgehead atoms. The van der Waals surface area contributed by atoms with Gasteiger partial charge in [0.25, 0.3) is 0 Å². The molecule has 1 aromatic rings. The minimum Gasteiger partial charge on any atom is -0.485 e. The lowest BCUT2D eigenvalue weighted by molar-refractivity contribution is -0.132. The Labute approximate surface area is 158 Å². The largest absolute Gasteiger partial charge is 0.485 e. The number of amides is 3. The van der Waals surface area contributed by atoms with E-state index in [0.717, 1.165) is 24.8 Å². The monoisotopic (exact) mass is 377 g/mol. The van der Waals surface area contributed by atoms with Gasteiger partial charge in [-0.15, -0.1) is 0 Å². The summed E-state index contributed by atoms with van der Waals surface area (Å²) < 4.78 is 5.97. The number of urea groups is 1. The molecular formula is C19H24ClN3O3. The Morgan fingerprint density at radius 3 is 2.77 bits per heavy atom. The van der Waals surface area contributed by atoms with E-state index in [-0.39, 0.29) is 11.5 Å². The van der Waals surface area contributed by atoms with E-state index < -0.39 is 12.1 Å². The molecule has 4 rings (SSSR count). The van der Waals surface area contributed by atoms with Crippen LogP contribution < -0.4 is 15.4 Å². The van der Waals surface area contributed by atoms with Crippen molar-refractivity contribution in [1.29, 1.82) is 0 Å². The van der Waals surface area contributed by atoms with Crippen molar-refractivity contribution in [1.82, 2.24) is 10.2 Å². The van der Waals surface area contributed by atoms with Crippen LogP contribution in [0.25, 0.3) is 0 Å². The van der Waals surface area contributed by atoms with Gasteiger partial charge < -0.3 is 20.3 Å². The van der Waals surface area contributed by atoms with Crippen LogP contribution in [0, 0.1) is 0 Å². The van der Waals surface area contributed by atoms with Crippen molar-refractivity contribution < 1.29 is 14.3 Å². The molecule has 2 aliphatic heterocycles. The Morgan fingerprint density at radius 1 is 1.31 bits per heavy atom. The minimum atomic E-state index is -0.469. The fraction of sp³-hybridized carbons (Fsp3) is 0.579. The Hall–Kier alpha value is -1.95. The third kappa shape index (κ3) is 3.11. The van der Waals surface area contributed by atoms with Crippen LogP contribution in [0.3, 0.4) is 0 Å². The van der Waals surface area contributed by atoms with Gasteiger partial charge in [-0.05, 0) is 45.6 Å². The van der Waals surface area contributed by atoms with Gasteiger partial charge in [0.2, 0.25) is 5.91 Å². The number of hydrogen-bond acceptors (Lipinski definition) is 3. The Balaban J connectivity index is 1.43. The highest BCUT2D eigenvalue weighted by Gasteiger charge is 2.39. The molecule has 0 aromatic heterocycles. The molecule has 2 N–H and O–H groups in total. The maximum atomic E-state index is 12.5. The lowest BCUT2D eigenvalue weighted by Crippen LogP contribution is -2.47. The molecule has 2 fully saturated rings. The first-order valence-corrected chi connectivity index (χ1v) is 9.60. The van der Waals surface area contributed by atoms with Gasteiger partial charge in [-0.3, -0.25) is 4.79 Å². The second-order valence-electron chi connectivity index (χ2n) is 8.01. The maximum Gasteiger partial charge on any atom is 0.320 e. The van der Waals surface area contributed by atoms with Gasteiger partial charge in [0.05, 0.1) is 5.02 Å². The van der Waals surface area contributed by atoms with Crippen LogP contribution in [0.5, 0.6) is 5.75 Å². The first kappa shape index (κ1) is 17.5. The average Bonchev–Trinajstić information content (AvgIpc) is 3.02. The fourth-order valence-corrected chi connectivity index (χ4v) is 4.15. The van der Waals surface area contributed by atoms with Crippen LogP contribution in [-0.4, -0.2) is 41.1 Å². The van der Waals surface area contributed by atoms with Crippen molar-refractivity contribution in [3.63, 3.8) is 0 Å². The van der Waals surface area contributed by atoms with Crippen LogP contribution in [-0.2, 0) is 11.2 Å². The van der Waals surface area contributed by atoms with Crippen molar-refractivity contribution in [3.8, 4) is 5.75 Å². The number of benzene rings is 1. The van der Waals surface area contributed by atoms with E-state index in [0.29, 0.717) is 35.5 Å². The van der Waals surface area contributed by atoms with Gasteiger partial charge in [0.1, 0.15) is 23.1 Å². The number of nitrogens with zero attached hydrogens (tertiary/aromatic N) is 1. The van der Waals surface area contributed by atoms with Crippen LogP contribution >= 0.6 is 11.6 Å². The molecule has 6 nitrogen and oxygen atoms in total. The van der Waals surface area contributed by atoms with Gasteiger partial charge in [-0.1, -0.05) is 17.7 Å². The number of ether oxygens (including phenoxy) is 1. The van der Waals surface area contributed by atoms with Crippen LogP contribution in [0.1, 0.15) is 45.1 Å². The summed E-state index contributed by atoms with van der Waals surface area (Å²) in [5.74, 6) is 0.637. The molecule has 3 amide bonds. The summed E-state index contributed by atoms with van der Waals surface area (Å²) in [4.78, 5) is 26.9. The number of nitrogens with one attached hydrogen (secondary N) is 2. The third-order valence-corrected chi connectivity index (χ3v) is 5.80. The van der Waals surface area contributed by atoms with Crippen LogP contribution in [0.4, 0.5) is 10.5 Å². The number of anilines is 1. The van der Waals surface area contributed by atoms with Gasteiger partial charge in [0, 0.05) is 24.6 Å². The molecule has 1 saturated carbocycles. The second-order valence-corrected chi connectivity index (χ2v) is 8.41. The number of likely N-dealkylation sites (tertiary alicyclic amines) is 1. The lowest BCUT2D eigenvalue weighted by Gasteiger charge is -2.34. The highest BCUT2D eigenvalue weighted by molar-refractivity contribution is 6.34. The van der Waals surface area contributed by atoms with Crippen molar-refractivity contribution in [2.24, 2.45) is 0 Å². The number of halogens is 1. The Morgan fingerprint density at radius 2 is 2.08 bits per heavy atom. The number of fused-ring (bicyclic) bond motifs is 1. The van der Waals surface area contributed by atoms with E-state index in [4.69, 9.17) is 16.3 Å². The molecule has 26 heavy (non-hydrogen) atoms. The van der Waals surface area contributed by atoms with Crippen molar-refractivity contribution in [2.45, 2.75) is 63.6 Å². The Bertz CT molecular complexity index is 761. The third-order valence-electron chi connectivity index (χ3n) is 5.48. The SMILES string of the molecule is CC1(C)Cc2ccc(Cl)c(NC(=O)NC3CCN(C4CCC4)C3=O)c2O1. The van der Waals surface area contributed by atoms with E-state index in [2.05, 4.69) is 10.6 Å². The predicted molar refractivity (Wildman–Crippen MR) is 99.8 cm³/mol. The number of hydrogen-bond donors (Lipinski definition) is 2. The quantitative estimate of drug-likeness (QED) is 0.848. The zero-order valence-corrected chi connectivity index (χ0v) is 15.9. The molecular weight excluding hydrogens is 354 g/mol. The van der Waals surface area contributed by atoms with E-state index in [1.165, 1.54) is 6.42 Å². The molecule has 7 heteroatoms. The number of carbonyl (C=O) groups is 2. The molecule has 2 heterocycles. The van der Waals surface area contributed by atoms with Gasteiger partial charge in [-0.25, -0.2) is 4.79 Å². The zero-order valence-electron chi connectivity index (χ0n) is 15.1. The van der Waals surface area contributed by atoms with Crippen molar-refractivity contribution in [3.05, 3.63) is 22.7 Å². The fourth-order valence-electron chi connectivity index (χ4n) is 3.95. The second kappa shape index (κ2) is 6.34. The Kier molecular flexibility index (Phi) is 4.26. The summed E-state index contributed by atoms with van der Waals surface area (Å²) >= 11 is 6.28.